The standard InChI is InChI=1S/C25H22N4O8/c1-13-19(24(31)35-11-14-7-5-4-6-8-14)20(21-22(26-13)27(2)25(32)28(3)23(21)30)15-9-17-18(37-12-36-17)10-16(15)29(33)34/h4-10,20,26H,11-12H2,1-3H3. The normalized spacial score (nSPS) is 15.7. The van der Waals surface area contributed by atoms with Crippen LogP contribution in [0.4, 0.5) is 11.5 Å². The number of hydrogen-bond acceptors (Lipinski definition) is 9. The summed E-state index contributed by atoms with van der Waals surface area (Å²) in [5.41, 5.74) is -0.641. The van der Waals surface area contributed by atoms with Gasteiger partial charge in [-0.3, -0.25) is 24.0 Å². The average molecular weight is 506 g/mol. The molecule has 1 atom stereocenters. The quantitative estimate of drug-likeness (QED) is 0.313. The van der Waals surface area contributed by atoms with Crippen LogP contribution in [0.2, 0.25) is 0 Å². The van der Waals surface area contributed by atoms with E-state index in [4.69, 9.17) is 14.2 Å². The van der Waals surface area contributed by atoms with Crippen LogP contribution >= 0.6 is 0 Å². The number of aromatic nitrogens is 2. The molecule has 0 bridgehead atoms. The molecule has 1 N–H and O–H groups in total. The Morgan fingerprint density at radius 2 is 1.81 bits per heavy atom. The number of carbonyl (C=O) groups excluding carboxylic acids is 1. The van der Waals surface area contributed by atoms with Gasteiger partial charge in [0.05, 0.1) is 28.0 Å². The van der Waals surface area contributed by atoms with Crippen LogP contribution < -0.4 is 26.0 Å². The molecule has 190 valence electrons. The lowest BCUT2D eigenvalue weighted by molar-refractivity contribution is -0.385. The van der Waals surface area contributed by atoms with E-state index in [0.29, 0.717) is 0 Å². The highest BCUT2D eigenvalue weighted by atomic mass is 16.7. The van der Waals surface area contributed by atoms with E-state index in [0.717, 1.165) is 10.1 Å². The predicted molar refractivity (Wildman–Crippen MR) is 131 cm³/mol. The molecule has 3 aromatic rings. The molecule has 5 rings (SSSR count). The predicted octanol–water partition coefficient (Wildman–Crippen LogP) is 2.30. The van der Waals surface area contributed by atoms with Crippen molar-refractivity contribution in [1.82, 2.24) is 9.13 Å². The van der Waals surface area contributed by atoms with Gasteiger partial charge in [-0.05, 0) is 18.6 Å². The Morgan fingerprint density at radius 1 is 1.14 bits per heavy atom. The largest absolute Gasteiger partial charge is 0.457 e. The van der Waals surface area contributed by atoms with Crippen LogP contribution in [-0.4, -0.2) is 26.8 Å². The van der Waals surface area contributed by atoms with E-state index in [9.17, 15) is 24.5 Å². The Morgan fingerprint density at radius 3 is 2.49 bits per heavy atom. The maximum absolute atomic E-state index is 13.5. The third-order valence-electron chi connectivity index (χ3n) is 6.45. The first-order valence-electron chi connectivity index (χ1n) is 11.3. The minimum Gasteiger partial charge on any atom is -0.457 e. The van der Waals surface area contributed by atoms with Crippen molar-refractivity contribution < 1.29 is 23.9 Å². The smallest absolute Gasteiger partial charge is 0.337 e. The number of rotatable bonds is 5. The fourth-order valence-electron chi connectivity index (χ4n) is 4.61. The number of ether oxygens (including phenoxy) is 3. The van der Waals surface area contributed by atoms with Crippen molar-refractivity contribution in [2.75, 3.05) is 12.1 Å². The first-order chi connectivity index (χ1) is 17.7. The van der Waals surface area contributed by atoms with E-state index >= 15 is 0 Å². The molecule has 3 heterocycles. The molecule has 2 aliphatic rings. The van der Waals surface area contributed by atoms with Gasteiger partial charge < -0.3 is 19.5 Å². The molecule has 1 aromatic heterocycles. The van der Waals surface area contributed by atoms with Crippen LogP contribution in [-0.2, 0) is 30.2 Å². The van der Waals surface area contributed by atoms with Crippen molar-refractivity contribution >= 4 is 17.5 Å². The van der Waals surface area contributed by atoms with Gasteiger partial charge in [0.2, 0.25) is 6.79 Å². The zero-order chi connectivity index (χ0) is 26.4. The molecule has 37 heavy (non-hydrogen) atoms. The van der Waals surface area contributed by atoms with E-state index in [-0.39, 0.29) is 58.8 Å². The van der Waals surface area contributed by atoms with Gasteiger partial charge in [-0.2, -0.15) is 0 Å². The zero-order valence-electron chi connectivity index (χ0n) is 20.1. The van der Waals surface area contributed by atoms with Gasteiger partial charge in [0.15, 0.2) is 11.5 Å². The first-order valence-corrected chi connectivity index (χ1v) is 11.3. The lowest BCUT2D eigenvalue weighted by atomic mass is 9.81. The van der Waals surface area contributed by atoms with Gasteiger partial charge in [-0.25, -0.2) is 9.59 Å². The van der Waals surface area contributed by atoms with Crippen LogP contribution in [0, 0.1) is 10.1 Å². The van der Waals surface area contributed by atoms with Gasteiger partial charge in [-0.15, -0.1) is 0 Å². The second-order valence-electron chi connectivity index (χ2n) is 8.65. The number of benzene rings is 2. The fourth-order valence-corrected chi connectivity index (χ4v) is 4.61. The third-order valence-corrected chi connectivity index (χ3v) is 6.45. The number of fused-ring (bicyclic) bond motifs is 2. The molecular weight excluding hydrogens is 484 g/mol. The average Bonchev–Trinajstić information content (AvgIpc) is 3.36. The maximum atomic E-state index is 13.5. The Hall–Kier alpha value is -4.87. The van der Waals surface area contributed by atoms with Crippen LogP contribution in [0.15, 0.2) is 63.3 Å². The number of nitrogens with zero attached hydrogens (tertiary/aromatic N) is 3. The summed E-state index contributed by atoms with van der Waals surface area (Å²) >= 11 is 0. The zero-order valence-corrected chi connectivity index (χ0v) is 20.1. The molecule has 0 saturated heterocycles. The van der Waals surface area contributed by atoms with Gasteiger partial charge in [0.1, 0.15) is 12.4 Å². The second-order valence-corrected chi connectivity index (χ2v) is 8.65. The summed E-state index contributed by atoms with van der Waals surface area (Å²) < 4.78 is 18.4. The topological polar surface area (TPSA) is 144 Å². The highest BCUT2D eigenvalue weighted by Crippen LogP contribution is 2.47. The van der Waals surface area contributed by atoms with Crippen molar-refractivity contribution in [1.29, 1.82) is 0 Å². The summed E-state index contributed by atoms with van der Waals surface area (Å²) in [7, 11) is 2.76. The minimum absolute atomic E-state index is 0.00106. The summed E-state index contributed by atoms with van der Waals surface area (Å²) in [6.07, 6.45) is 0. The number of allylic oxidation sites excluding steroid dienone is 1. The van der Waals surface area contributed by atoms with Gasteiger partial charge >= 0.3 is 11.7 Å². The monoisotopic (exact) mass is 506 g/mol. The van der Waals surface area contributed by atoms with Crippen molar-refractivity contribution in [3.05, 3.63) is 101 Å². The van der Waals surface area contributed by atoms with E-state index in [1.165, 1.54) is 30.8 Å². The van der Waals surface area contributed by atoms with Gasteiger partial charge in [0, 0.05) is 25.4 Å². The molecule has 0 fully saturated rings. The summed E-state index contributed by atoms with van der Waals surface area (Å²) in [5.74, 6) is -1.47. The molecule has 0 aliphatic carbocycles. The first kappa shape index (κ1) is 23.9. The number of nitrogens with one attached hydrogen (secondary N) is 1. The van der Waals surface area contributed by atoms with Gasteiger partial charge in [-0.1, -0.05) is 30.3 Å². The number of carbonyl (C=O) groups is 1. The lowest BCUT2D eigenvalue weighted by Gasteiger charge is -2.30. The Kier molecular flexibility index (Phi) is 5.78. The number of nitro benzene ring substituents is 1. The Balaban J connectivity index is 1.74. The second kappa shape index (κ2) is 8.97. The van der Waals surface area contributed by atoms with Gasteiger partial charge in [0.25, 0.3) is 11.2 Å². The summed E-state index contributed by atoms with van der Waals surface area (Å²) in [5, 5.41) is 15.1. The molecule has 0 spiro atoms. The van der Waals surface area contributed by atoms with Crippen LogP contribution in [0.25, 0.3) is 0 Å². The lowest BCUT2D eigenvalue weighted by Crippen LogP contribution is -2.43. The van der Waals surface area contributed by atoms with Crippen molar-refractivity contribution in [2.45, 2.75) is 19.4 Å². The summed E-state index contributed by atoms with van der Waals surface area (Å²) in [4.78, 5) is 51.1. The van der Waals surface area contributed by atoms with Crippen LogP contribution in [0.5, 0.6) is 11.5 Å². The molecular formula is C25H22N4O8. The number of hydrogen-bond donors (Lipinski definition) is 1. The molecule has 2 aromatic carbocycles. The van der Waals surface area contributed by atoms with E-state index in [1.807, 2.05) is 6.07 Å². The SMILES string of the molecule is CC1=C(C(=O)OCc2ccccc2)C(c2cc3c(cc2[N+](=O)[O-])OCO3)c2c(n(C)c(=O)n(C)c2=O)N1. The summed E-state index contributed by atoms with van der Waals surface area (Å²) in [6, 6.07) is 11.6. The Labute approximate surface area is 209 Å². The number of anilines is 1. The van der Waals surface area contributed by atoms with E-state index < -0.39 is 28.1 Å². The molecule has 0 saturated carbocycles. The number of nitro groups is 1. The number of esters is 1. The highest BCUT2D eigenvalue weighted by Gasteiger charge is 2.41. The Bertz CT molecular complexity index is 1600. The minimum atomic E-state index is -1.24. The van der Waals surface area contributed by atoms with Crippen molar-refractivity contribution in [2.24, 2.45) is 14.1 Å². The van der Waals surface area contributed by atoms with Crippen LogP contribution in [0.1, 0.15) is 29.5 Å². The fraction of sp³-hybridized carbons (Fsp3) is 0.240. The molecule has 2 aliphatic heterocycles. The molecule has 12 nitrogen and oxygen atoms in total. The van der Waals surface area contributed by atoms with E-state index in [2.05, 4.69) is 5.32 Å². The third kappa shape index (κ3) is 3.92. The molecule has 1 unspecified atom stereocenters. The maximum Gasteiger partial charge on any atom is 0.337 e. The summed E-state index contributed by atoms with van der Waals surface area (Å²) in [6.45, 7) is 1.40. The highest BCUT2D eigenvalue weighted by molar-refractivity contribution is 5.95. The molecule has 0 amide bonds. The van der Waals surface area contributed by atoms with Crippen LogP contribution in [0.3, 0.4) is 0 Å². The van der Waals surface area contributed by atoms with E-state index in [1.54, 1.807) is 31.2 Å². The molecule has 0 radical (unpaired) electrons. The van der Waals surface area contributed by atoms with Crippen molar-refractivity contribution in [3.8, 4) is 11.5 Å². The van der Waals surface area contributed by atoms with Crippen molar-refractivity contribution in [3.63, 3.8) is 0 Å². The molecule has 12 heteroatoms.